The summed E-state index contributed by atoms with van der Waals surface area (Å²) >= 11 is 12.1. The largest absolute Gasteiger partial charge is 0.435 e. The highest BCUT2D eigenvalue weighted by atomic mass is 35.5. The minimum Gasteiger partial charge on any atom is -0.298 e. The van der Waals surface area contributed by atoms with Crippen LogP contribution in [0.4, 0.5) is 18.9 Å². The molecule has 0 unspecified atom stereocenters. The van der Waals surface area contributed by atoms with Crippen LogP contribution in [0.2, 0.25) is 5.02 Å². The molecule has 1 N–H and O–H groups in total. The number of thiocarbonyl (C=S) groups is 1. The lowest BCUT2D eigenvalue weighted by molar-refractivity contribution is -0.141. The second-order valence-corrected chi connectivity index (χ2v) is 8.61. The molecule has 1 aromatic carbocycles. The van der Waals surface area contributed by atoms with Crippen LogP contribution in [0.3, 0.4) is 0 Å². The number of rotatable bonds is 3. The molecule has 32 heavy (non-hydrogen) atoms. The van der Waals surface area contributed by atoms with Crippen molar-refractivity contribution in [2.24, 2.45) is 7.05 Å². The van der Waals surface area contributed by atoms with Gasteiger partial charge < -0.3 is 0 Å². The van der Waals surface area contributed by atoms with Crippen molar-refractivity contribution in [3.05, 3.63) is 63.6 Å². The minimum atomic E-state index is -4.56. The number of anilines is 1. The normalized spacial score (nSPS) is 16.1. The van der Waals surface area contributed by atoms with Crippen LogP contribution in [0.5, 0.6) is 0 Å². The first-order chi connectivity index (χ1) is 15.0. The van der Waals surface area contributed by atoms with Crippen molar-refractivity contribution in [3.63, 3.8) is 0 Å². The Morgan fingerprint density at radius 3 is 2.47 bits per heavy atom. The maximum absolute atomic E-state index is 13.0. The summed E-state index contributed by atoms with van der Waals surface area (Å²) in [7, 11) is 1.41. The Hall–Kier alpha value is -3.02. The first-order valence-electron chi connectivity index (χ1n) is 8.93. The molecular weight excluding hydrogens is 485 g/mol. The average Bonchev–Trinajstić information content (AvgIpc) is 3.32. The molecule has 0 spiro atoms. The molecule has 3 heterocycles. The van der Waals surface area contributed by atoms with Crippen molar-refractivity contribution in [3.8, 4) is 10.6 Å². The summed E-state index contributed by atoms with van der Waals surface area (Å²) in [5.74, 6) is -1.30. The van der Waals surface area contributed by atoms with Crippen LogP contribution < -0.4 is 10.2 Å². The predicted molar refractivity (Wildman–Crippen MR) is 119 cm³/mol. The zero-order chi connectivity index (χ0) is 23.2. The van der Waals surface area contributed by atoms with Crippen molar-refractivity contribution in [2.75, 3.05) is 4.90 Å². The lowest BCUT2D eigenvalue weighted by Crippen LogP contribution is -2.54. The Labute approximate surface area is 193 Å². The number of nitrogens with zero attached hydrogens (tertiary/aromatic N) is 3. The number of nitrogens with one attached hydrogen (secondary N) is 1. The molecular formula is C20H12ClF3N4O2S2. The van der Waals surface area contributed by atoms with Crippen LogP contribution in [0, 0.1) is 0 Å². The molecule has 1 saturated heterocycles. The fraction of sp³-hybridized carbons (Fsp3) is 0.100. The van der Waals surface area contributed by atoms with Gasteiger partial charge in [-0.2, -0.15) is 18.3 Å². The fourth-order valence-electron chi connectivity index (χ4n) is 3.03. The smallest absolute Gasteiger partial charge is 0.298 e. The molecule has 3 aromatic rings. The molecule has 0 saturated carbocycles. The van der Waals surface area contributed by atoms with E-state index >= 15 is 0 Å². The molecule has 0 radical (unpaired) electrons. The van der Waals surface area contributed by atoms with Gasteiger partial charge in [-0.3, -0.25) is 24.5 Å². The minimum absolute atomic E-state index is 0.0686. The standard InChI is InChI=1S/C20H12ClF3N4O2S2/c1-27-14(9-16(26-27)20(22,23)24)15-7-6-12(32-15)8-13-17(29)25-19(31)28(18(13)30)11-4-2-10(21)3-5-11/h2-9H,1H3,(H,25,29,31). The molecule has 164 valence electrons. The van der Waals surface area contributed by atoms with Crippen molar-refractivity contribution >= 4 is 63.8 Å². The number of thiophene rings is 1. The van der Waals surface area contributed by atoms with E-state index in [-0.39, 0.29) is 16.4 Å². The second-order valence-electron chi connectivity index (χ2n) is 6.67. The lowest BCUT2D eigenvalue weighted by Gasteiger charge is -2.28. The van der Waals surface area contributed by atoms with Crippen molar-refractivity contribution in [1.29, 1.82) is 0 Å². The van der Waals surface area contributed by atoms with E-state index in [1.165, 1.54) is 18.0 Å². The van der Waals surface area contributed by atoms with Gasteiger partial charge in [-0.25, -0.2) is 0 Å². The zero-order valence-electron chi connectivity index (χ0n) is 16.1. The highest BCUT2D eigenvalue weighted by Gasteiger charge is 2.36. The summed E-state index contributed by atoms with van der Waals surface area (Å²) < 4.78 is 40.0. The molecule has 0 bridgehead atoms. The Morgan fingerprint density at radius 2 is 1.84 bits per heavy atom. The van der Waals surface area contributed by atoms with Gasteiger partial charge in [0, 0.05) is 16.9 Å². The number of aryl methyl sites for hydroxylation is 1. The third-order valence-electron chi connectivity index (χ3n) is 4.52. The van der Waals surface area contributed by atoms with Crippen molar-refractivity contribution in [1.82, 2.24) is 15.1 Å². The van der Waals surface area contributed by atoms with Gasteiger partial charge in [-0.15, -0.1) is 11.3 Å². The Balaban J connectivity index is 1.66. The van der Waals surface area contributed by atoms with E-state index in [0.29, 0.717) is 20.5 Å². The second kappa shape index (κ2) is 8.15. The third-order valence-corrected chi connectivity index (χ3v) is 6.11. The van der Waals surface area contributed by atoms with E-state index in [9.17, 15) is 22.8 Å². The van der Waals surface area contributed by atoms with Crippen LogP contribution in [0.1, 0.15) is 10.6 Å². The maximum atomic E-state index is 13.0. The topological polar surface area (TPSA) is 67.2 Å². The molecule has 6 nitrogen and oxygen atoms in total. The Kier molecular flexibility index (Phi) is 5.65. The summed E-state index contributed by atoms with van der Waals surface area (Å²) in [5.41, 5.74) is -0.479. The van der Waals surface area contributed by atoms with Gasteiger partial charge >= 0.3 is 6.18 Å². The van der Waals surface area contributed by atoms with E-state index in [1.54, 1.807) is 36.4 Å². The van der Waals surface area contributed by atoms with Gasteiger partial charge in [0.15, 0.2) is 10.8 Å². The van der Waals surface area contributed by atoms with Gasteiger partial charge in [0.2, 0.25) is 0 Å². The number of hydrogen-bond acceptors (Lipinski definition) is 5. The molecule has 2 aromatic heterocycles. The van der Waals surface area contributed by atoms with Gasteiger partial charge in [-0.05, 0) is 60.8 Å². The van der Waals surface area contributed by atoms with Crippen LogP contribution in [0.15, 0.2) is 48.0 Å². The number of carbonyl (C=O) groups excluding carboxylic acids is 2. The summed E-state index contributed by atoms with van der Waals surface area (Å²) in [5, 5.41) is 6.37. The number of halogens is 4. The molecule has 4 rings (SSSR count). The summed E-state index contributed by atoms with van der Waals surface area (Å²) in [4.78, 5) is 27.6. The fourth-order valence-corrected chi connectivity index (χ4v) is 4.43. The van der Waals surface area contributed by atoms with E-state index in [1.807, 2.05) is 0 Å². The number of aromatic nitrogens is 2. The highest BCUT2D eigenvalue weighted by molar-refractivity contribution is 7.80. The SMILES string of the molecule is Cn1nc(C(F)(F)F)cc1-c1ccc(C=C2C(=O)NC(=S)N(c3ccc(Cl)cc3)C2=O)s1. The summed E-state index contributed by atoms with van der Waals surface area (Å²) in [6.45, 7) is 0. The quantitative estimate of drug-likeness (QED) is 0.325. The Bertz CT molecular complexity index is 1280. The Morgan fingerprint density at radius 1 is 1.16 bits per heavy atom. The number of benzene rings is 1. The van der Waals surface area contributed by atoms with Crippen LogP contribution >= 0.6 is 35.2 Å². The zero-order valence-corrected chi connectivity index (χ0v) is 18.5. The monoisotopic (exact) mass is 496 g/mol. The van der Waals surface area contributed by atoms with Gasteiger partial charge in [0.1, 0.15) is 5.57 Å². The molecule has 1 aliphatic heterocycles. The van der Waals surface area contributed by atoms with Crippen LogP contribution in [-0.2, 0) is 22.8 Å². The summed E-state index contributed by atoms with van der Waals surface area (Å²) in [6, 6.07) is 10.5. The molecule has 0 aliphatic carbocycles. The predicted octanol–water partition coefficient (Wildman–Crippen LogP) is 4.65. The molecule has 0 atom stereocenters. The molecule has 1 fully saturated rings. The van der Waals surface area contributed by atoms with E-state index in [0.717, 1.165) is 22.1 Å². The highest BCUT2D eigenvalue weighted by Crippen LogP contribution is 2.35. The van der Waals surface area contributed by atoms with E-state index in [2.05, 4.69) is 10.4 Å². The van der Waals surface area contributed by atoms with Crippen LogP contribution in [-0.4, -0.2) is 26.7 Å². The van der Waals surface area contributed by atoms with Gasteiger partial charge in [0.25, 0.3) is 11.8 Å². The lowest BCUT2D eigenvalue weighted by atomic mass is 10.1. The first kappa shape index (κ1) is 22.2. The van der Waals surface area contributed by atoms with Crippen LogP contribution in [0.25, 0.3) is 16.6 Å². The van der Waals surface area contributed by atoms with Gasteiger partial charge in [-0.1, -0.05) is 11.6 Å². The molecule has 1 aliphatic rings. The van der Waals surface area contributed by atoms with Crippen molar-refractivity contribution in [2.45, 2.75) is 6.18 Å². The van der Waals surface area contributed by atoms with E-state index < -0.39 is 23.7 Å². The summed E-state index contributed by atoms with van der Waals surface area (Å²) in [6.07, 6.45) is -3.19. The first-order valence-corrected chi connectivity index (χ1v) is 10.5. The number of alkyl halides is 3. The molecule has 12 heteroatoms. The number of hydrogen-bond donors (Lipinski definition) is 1. The van der Waals surface area contributed by atoms with E-state index in [4.69, 9.17) is 23.8 Å². The number of amides is 2. The third kappa shape index (κ3) is 4.18. The van der Waals surface area contributed by atoms with Gasteiger partial charge in [0.05, 0.1) is 16.3 Å². The van der Waals surface area contributed by atoms with Crippen molar-refractivity contribution < 1.29 is 22.8 Å². The number of carbonyl (C=O) groups is 2. The average molecular weight is 497 g/mol. The maximum Gasteiger partial charge on any atom is 0.435 e. The molecule has 2 amide bonds.